The molecule has 2 rings (SSSR count). The topological polar surface area (TPSA) is 75.4 Å². The van der Waals surface area contributed by atoms with Crippen molar-refractivity contribution < 1.29 is 14.0 Å². The van der Waals surface area contributed by atoms with Crippen LogP contribution in [0.4, 0.5) is 4.39 Å². The summed E-state index contributed by atoms with van der Waals surface area (Å²) in [4.78, 5) is 27.5. The van der Waals surface area contributed by atoms with Crippen molar-refractivity contribution in [3.05, 3.63) is 30.1 Å². The van der Waals surface area contributed by atoms with Crippen molar-refractivity contribution >= 4 is 36.0 Å². The van der Waals surface area contributed by atoms with Crippen molar-refractivity contribution in [3.8, 4) is 0 Å². The lowest BCUT2D eigenvalue weighted by atomic mass is 9.96. The third kappa shape index (κ3) is 6.78. The molecule has 2 amide bonds. The second-order valence-electron chi connectivity index (χ2n) is 6.37. The van der Waals surface area contributed by atoms with E-state index in [1.54, 1.807) is 28.8 Å². The normalized spacial score (nSPS) is 18.0. The zero-order valence-corrected chi connectivity index (χ0v) is 16.6. The number of piperidine rings is 1. The molecular formula is C18H27ClFN3O2S. The average molecular weight is 404 g/mol. The number of nitrogens with two attached hydrogens (primary N) is 1. The number of likely N-dealkylation sites (tertiary alicyclic amines) is 1. The first-order valence-corrected chi connectivity index (χ1v) is 9.64. The maximum Gasteiger partial charge on any atom is 0.226 e. The minimum atomic E-state index is -0.263. The van der Waals surface area contributed by atoms with E-state index in [1.165, 1.54) is 12.1 Å². The predicted molar refractivity (Wildman–Crippen MR) is 105 cm³/mol. The van der Waals surface area contributed by atoms with Crippen molar-refractivity contribution in [3.63, 3.8) is 0 Å². The fourth-order valence-electron chi connectivity index (χ4n) is 2.87. The van der Waals surface area contributed by atoms with E-state index in [-0.39, 0.29) is 41.9 Å². The van der Waals surface area contributed by atoms with E-state index in [0.717, 1.165) is 17.7 Å². The SMILES string of the molecule is CC(CSc1ccc(F)cc1)C(=O)N1CCCC(C(=O)NCCN)C1.Cl. The highest BCUT2D eigenvalue weighted by Crippen LogP contribution is 2.24. The van der Waals surface area contributed by atoms with Crippen LogP contribution in [0.3, 0.4) is 0 Å². The van der Waals surface area contributed by atoms with Crippen molar-refractivity contribution in [2.24, 2.45) is 17.6 Å². The van der Waals surface area contributed by atoms with Crippen LogP contribution in [-0.2, 0) is 9.59 Å². The smallest absolute Gasteiger partial charge is 0.226 e. The van der Waals surface area contributed by atoms with Crippen molar-refractivity contribution in [2.75, 3.05) is 31.9 Å². The largest absolute Gasteiger partial charge is 0.355 e. The van der Waals surface area contributed by atoms with Gasteiger partial charge in [-0.05, 0) is 37.1 Å². The molecule has 0 bridgehead atoms. The van der Waals surface area contributed by atoms with E-state index >= 15 is 0 Å². The van der Waals surface area contributed by atoms with Crippen LogP contribution in [0.15, 0.2) is 29.2 Å². The van der Waals surface area contributed by atoms with Crippen LogP contribution >= 0.6 is 24.2 Å². The molecule has 2 atom stereocenters. The maximum absolute atomic E-state index is 12.9. The van der Waals surface area contributed by atoms with E-state index in [4.69, 9.17) is 5.73 Å². The van der Waals surface area contributed by atoms with Crippen LogP contribution in [0, 0.1) is 17.7 Å². The van der Waals surface area contributed by atoms with Crippen LogP contribution in [0.25, 0.3) is 0 Å². The molecule has 1 saturated heterocycles. The molecule has 146 valence electrons. The van der Waals surface area contributed by atoms with Crippen LogP contribution in [0.5, 0.6) is 0 Å². The van der Waals surface area contributed by atoms with Crippen molar-refractivity contribution in [1.82, 2.24) is 10.2 Å². The average Bonchev–Trinajstić information content (AvgIpc) is 2.64. The van der Waals surface area contributed by atoms with Crippen LogP contribution in [-0.4, -0.2) is 48.6 Å². The van der Waals surface area contributed by atoms with Gasteiger partial charge in [-0.25, -0.2) is 4.39 Å². The first-order valence-electron chi connectivity index (χ1n) is 8.66. The Labute approximate surface area is 164 Å². The lowest BCUT2D eigenvalue weighted by Gasteiger charge is -2.33. The van der Waals surface area contributed by atoms with Gasteiger partial charge in [-0.2, -0.15) is 0 Å². The second kappa shape index (κ2) is 11.4. The van der Waals surface area contributed by atoms with Crippen LogP contribution in [0.1, 0.15) is 19.8 Å². The predicted octanol–water partition coefficient (Wildman–Crippen LogP) is 2.29. The van der Waals surface area contributed by atoms with E-state index in [0.29, 0.717) is 31.9 Å². The summed E-state index contributed by atoms with van der Waals surface area (Å²) in [5.74, 6) is 0.121. The Morgan fingerprint density at radius 3 is 2.73 bits per heavy atom. The number of nitrogens with zero attached hydrogens (tertiary/aromatic N) is 1. The van der Waals surface area contributed by atoms with Gasteiger partial charge in [0.15, 0.2) is 0 Å². The molecule has 1 fully saturated rings. The van der Waals surface area contributed by atoms with Gasteiger partial charge in [-0.15, -0.1) is 24.2 Å². The summed E-state index contributed by atoms with van der Waals surface area (Å²) in [5, 5.41) is 2.81. The number of nitrogens with one attached hydrogen (secondary N) is 1. The number of carbonyl (C=O) groups excluding carboxylic acids is 2. The van der Waals surface area contributed by atoms with Gasteiger partial charge in [0.2, 0.25) is 11.8 Å². The lowest BCUT2D eigenvalue weighted by molar-refractivity contribution is -0.138. The molecule has 5 nitrogen and oxygen atoms in total. The minimum Gasteiger partial charge on any atom is -0.355 e. The van der Waals surface area contributed by atoms with Gasteiger partial charge in [-0.1, -0.05) is 6.92 Å². The monoisotopic (exact) mass is 403 g/mol. The summed E-state index contributed by atoms with van der Waals surface area (Å²) in [6, 6.07) is 6.28. The number of amides is 2. The van der Waals surface area contributed by atoms with Crippen molar-refractivity contribution in [1.29, 1.82) is 0 Å². The molecule has 1 aromatic rings. The molecule has 1 aliphatic rings. The molecular weight excluding hydrogens is 377 g/mol. The number of thioether (sulfide) groups is 1. The maximum atomic E-state index is 12.9. The summed E-state index contributed by atoms with van der Waals surface area (Å²) in [7, 11) is 0. The lowest BCUT2D eigenvalue weighted by Crippen LogP contribution is -2.47. The van der Waals surface area contributed by atoms with E-state index in [1.807, 2.05) is 6.92 Å². The molecule has 8 heteroatoms. The first kappa shape index (κ1) is 22.7. The molecule has 0 aromatic heterocycles. The standard InChI is InChI=1S/C18H26FN3O2S.ClH/c1-13(12-25-16-6-4-15(19)5-7-16)18(24)22-10-2-3-14(11-22)17(23)21-9-8-20;/h4-7,13-14H,2-3,8-12,20H2,1H3,(H,21,23);1H. The Morgan fingerprint density at radius 2 is 2.08 bits per heavy atom. The zero-order chi connectivity index (χ0) is 18.2. The van der Waals surface area contributed by atoms with Crippen LogP contribution in [0.2, 0.25) is 0 Å². The number of rotatable bonds is 7. The Bertz CT molecular complexity index is 588. The molecule has 2 unspecified atom stereocenters. The van der Waals surface area contributed by atoms with Crippen LogP contribution < -0.4 is 11.1 Å². The number of hydrogen-bond acceptors (Lipinski definition) is 4. The second-order valence-corrected chi connectivity index (χ2v) is 7.46. The Kier molecular flexibility index (Phi) is 9.98. The highest BCUT2D eigenvalue weighted by molar-refractivity contribution is 7.99. The fraction of sp³-hybridized carbons (Fsp3) is 0.556. The highest BCUT2D eigenvalue weighted by atomic mass is 35.5. The van der Waals surface area contributed by atoms with Gasteiger partial charge in [0.25, 0.3) is 0 Å². The summed E-state index contributed by atoms with van der Waals surface area (Å²) in [6.07, 6.45) is 1.64. The molecule has 0 saturated carbocycles. The van der Waals surface area contributed by atoms with Crippen molar-refractivity contribution in [2.45, 2.75) is 24.7 Å². The molecule has 26 heavy (non-hydrogen) atoms. The molecule has 0 aliphatic carbocycles. The van der Waals surface area contributed by atoms with Gasteiger partial charge in [0.05, 0.1) is 5.92 Å². The van der Waals surface area contributed by atoms with Gasteiger partial charge in [0, 0.05) is 42.7 Å². The molecule has 0 spiro atoms. The molecule has 1 heterocycles. The number of hydrogen-bond donors (Lipinski definition) is 2. The Balaban J connectivity index is 0.00000338. The Hall–Kier alpha value is -1.31. The zero-order valence-electron chi connectivity index (χ0n) is 14.9. The third-order valence-corrected chi connectivity index (χ3v) is 5.55. The molecule has 0 radical (unpaired) electrons. The number of carbonyl (C=O) groups is 2. The first-order chi connectivity index (χ1) is 12.0. The van der Waals surface area contributed by atoms with E-state index in [9.17, 15) is 14.0 Å². The van der Waals surface area contributed by atoms with E-state index < -0.39 is 0 Å². The van der Waals surface area contributed by atoms with Gasteiger partial charge in [0.1, 0.15) is 5.82 Å². The van der Waals surface area contributed by atoms with Gasteiger partial charge >= 0.3 is 0 Å². The third-order valence-electron chi connectivity index (χ3n) is 4.28. The summed E-state index contributed by atoms with van der Waals surface area (Å²) in [6.45, 7) is 3.95. The quantitative estimate of drug-likeness (QED) is 0.685. The minimum absolute atomic E-state index is 0. The highest BCUT2D eigenvalue weighted by Gasteiger charge is 2.30. The molecule has 1 aromatic carbocycles. The fourth-order valence-corrected chi connectivity index (χ4v) is 3.78. The Morgan fingerprint density at radius 1 is 1.38 bits per heavy atom. The molecule has 3 N–H and O–H groups in total. The summed E-state index contributed by atoms with van der Waals surface area (Å²) in [5.41, 5.74) is 5.41. The molecule has 1 aliphatic heterocycles. The number of benzene rings is 1. The van der Waals surface area contributed by atoms with Gasteiger partial charge < -0.3 is 16.0 Å². The number of halogens is 2. The van der Waals surface area contributed by atoms with Gasteiger partial charge in [-0.3, -0.25) is 9.59 Å². The summed E-state index contributed by atoms with van der Waals surface area (Å²) >= 11 is 1.54. The summed E-state index contributed by atoms with van der Waals surface area (Å²) < 4.78 is 12.9. The van der Waals surface area contributed by atoms with E-state index in [2.05, 4.69) is 5.32 Å².